The van der Waals surface area contributed by atoms with Gasteiger partial charge in [0.15, 0.2) is 0 Å². The highest BCUT2D eigenvalue weighted by Crippen LogP contribution is 2.23. The van der Waals surface area contributed by atoms with Gasteiger partial charge in [-0.15, -0.1) is 0 Å². The smallest absolute Gasteiger partial charge is 0.0492 e. The van der Waals surface area contributed by atoms with Gasteiger partial charge in [0.05, 0.1) is 0 Å². The van der Waals surface area contributed by atoms with Crippen LogP contribution in [0.5, 0.6) is 0 Å². The average Bonchev–Trinajstić information content (AvgIpc) is 2.59. The molecule has 0 saturated carbocycles. The van der Waals surface area contributed by atoms with Gasteiger partial charge in [-0.1, -0.05) is 76.2 Å². The molecule has 2 heteroatoms. The van der Waals surface area contributed by atoms with Gasteiger partial charge < -0.3 is 10.6 Å². The van der Waals surface area contributed by atoms with Crippen molar-refractivity contribution in [3.63, 3.8) is 0 Å². The predicted molar refractivity (Wildman–Crippen MR) is 96.5 cm³/mol. The summed E-state index contributed by atoms with van der Waals surface area (Å²) in [5.41, 5.74) is 0. The van der Waals surface area contributed by atoms with E-state index in [0.29, 0.717) is 18.0 Å². The Morgan fingerprint density at radius 1 is 0.727 bits per heavy atom. The van der Waals surface area contributed by atoms with E-state index in [4.69, 9.17) is 0 Å². The van der Waals surface area contributed by atoms with Gasteiger partial charge in [-0.25, -0.2) is 0 Å². The summed E-state index contributed by atoms with van der Waals surface area (Å²) in [4.78, 5) is 0. The van der Waals surface area contributed by atoms with Gasteiger partial charge in [-0.3, -0.25) is 0 Å². The molecule has 122 valence electrons. The van der Waals surface area contributed by atoms with Crippen molar-refractivity contribution >= 4 is 0 Å². The quantitative estimate of drug-likeness (QED) is 0.565. The summed E-state index contributed by atoms with van der Waals surface area (Å²) in [7, 11) is 0. The molecule has 2 heterocycles. The van der Waals surface area contributed by atoms with E-state index in [2.05, 4.69) is 66.4 Å². The van der Waals surface area contributed by atoms with E-state index in [1.54, 1.807) is 0 Å². The maximum absolute atomic E-state index is 3.52. The van der Waals surface area contributed by atoms with Gasteiger partial charge in [-0.05, 0) is 31.0 Å². The Morgan fingerprint density at radius 2 is 1.27 bits per heavy atom. The van der Waals surface area contributed by atoms with Crippen LogP contribution in [0.3, 0.4) is 0 Å². The third kappa shape index (κ3) is 5.75. The Kier molecular flexibility index (Phi) is 7.93. The summed E-state index contributed by atoms with van der Waals surface area (Å²) in [6.45, 7) is 2.28. The van der Waals surface area contributed by atoms with E-state index < -0.39 is 0 Å². The number of rotatable bonds is 10. The van der Waals surface area contributed by atoms with E-state index >= 15 is 0 Å². The number of hydrogen-bond acceptors (Lipinski definition) is 2. The summed E-state index contributed by atoms with van der Waals surface area (Å²) in [5.74, 6) is 0.609. The first-order chi connectivity index (χ1) is 10.9. The molecule has 2 aliphatic heterocycles. The Morgan fingerprint density at radius 3 is 1.77 bits per heavy atom. The SMILES string of the molecule is CCCCCCCCCC(C1C=CC=CN1)C1C=CC=CN1. The van der Waals surface area contributed by atoms with Crippen molar-refractivity contribution in [1.29, 1.82) is 0 Å². The van der Waals surface area contributed by atoms with Crippen LogP contribution in [0.15, 0.2) is 48.9 Å². The van der Waals surface area contributed by atoms with Crippen molar-refractivity contribution in [2.75, 3.05) is 0 Å². The average molecular weight is 300 g/mol. The second kappa shape index (κ2) is 10.3. The lowest BCUT2D eigenvalue weighted by atomic mass is 9.85. The van der Waals surface area contributed by atoms with Crippen LogP contribution in [0.1, 0.15) is 58.3 Å². The lowest BCUT2D eigenvalue weighted by Gasteiger charge is -2.33. The molecule has 2 rings (SSSR count). The number of dihydropyridines is 2. The maximum Gasteiger partial charge on any atom is 0.0492 e. The minimum absolute atomic E-state index is 0.443. The molecule has 2 unspecified atom stereocenters. The number of nitrogens with one attached hydrogen (secondary N) is 2. The van der Waals surface area contributed by atoms with Crippen LogP contribution < -0.4 is 10.6 Å². The second-order valence-electron chi connectivity index (χ2n) is 6.45. The molecule has 0 spiro atoms. The van der Waals surface area contributed by atoms with Gasteiger partial charge in [0.1, 0.15) is 0 Å². The normalized spacial score (nSPS) is 24.0. The van der Waals surface area contributed by atoms with Crippen molar-refractivity contribution in [2.45, 2.75) is 70.4 Å². The van der Waals surface area contributed by atoms with Crippen molar-refractivity contribution in [1.82, 2.24) is 10.6 Å². The topological polar surface area (TPSA) is 24.1 Å². The van der Waals surface area contributed by atoms with E-state index in [1.807, 2.05) is 0 Å². The number of hydrogen-bond donors (Lipinski definition) is 2. The molecule has 2 aliphatic rings. The fourth-order valence-electron chi connectivity index (χ4n) is 3.38. The largest absolute Gasteiger partial charge is 0.384 e. The van der Waals surface area contributed by atoms with Crippen LogP contribution in [0.2, 0.25) is 0 Å². The van der Waals surface area contributed by atoms with Crippen LogP contribution in [0.4, 0.5) is 0 Å². The van der Waals surface area contributed by atoms with Gasteiger partial charge in [-0.2, -0.15) is 0 Å². The molecule has 2 N–H and O–H groups in total. The van der Waals surface area contributed by atoms with Crippen molar-refractivity contribution in [3.8, 4) is 0 Å². The van der Waals surface area contributed by atoms with E-state index in [-0.39, 0.29) is 0 Å². The summed E-state index contributed by atoms with van der Waals surface area (Å²) < 4.78 is 0. The Labute approximate surface area is 136 Å². The molecule has 2 atom stereocenters. The molecule has 22 heavy (non-hydrogen) atoms. The zero-order valence-electron chi connectivity index (χ0n) is 14.0. The minimum atomic E-state index is 0.443. The first-order valence-corrected chi connectivity index (χ1v) is 9.10. The molecule has 0 bridgehead atoms. The molecule has 0 saturated heterocycles. The monoisotopic (exact) mass is 300 g/mol. The standard InChI is InChI=1S/C20H32N2/c1-2-3-4-5-6-7-8-13-18(19-14-9-11-16-21-19)20-15-10-12-17-22-20/h9-12,14-22H,2-8,13H2,1H3. The molecule has 0 aromatic carbocycles. The molecule has 0 aliphatic carbocycles. The van der Waals surface area contributed by atoms with E-state index in [1.165, 1.54) is 51.4 Å². The first kappa shape index (κ1) is 16.9. The van der Waals surface area contributed by atoms with E-state index in [0.717, 1.165) is 0 Å². The first-order valence-electron chi connectivity index (χ1n) is 9.10. The molecule has 0 fully saturated rings. The zero-order valence-corrected chi connectivity index (χ0v) is 14.0. The van der Waals surface area contributed by atoms with E-state index in [9.17, 15) is 0 Å². The number of unbranched alkanes of at least 4 members (excludes halogenated alkanes) is 6. The van der Waals surface area contributed by atoms with Crippen molar-refractivity contribution in [3.05, 3.63) is 48.9 Å². The highest BCUT2D eigenvalue weighted by atomic mass is 15.0. The molecular weight excluding hydrogens is 268 g/mol. The molecule has 0 aromatic rings. The Balaban J connectivity index is 1.75. The fraction of sp³-hybridized carbons (Fsp3) is 0.600. The molecular formula is C20H32N2. The highest BCUT2D eigenvalue weighted by Gasteiger charge is 2.26. The zero-order chi connectivity index (χ0) is 15.5. The summed E-state index contributed by atoms with van der Waals surface area (Å²) in [6, 6.07) is 0.887. The van der Waals surface area contributed by atoms with Gasteiger partial charge in [0, 0.05) is 18.0 Å². The molecule has 0 aromatic heterocycles. The van der Waals surface area contributed by atoms with Crippen molar-refractivity contribution in [2.24, 2.45) is 5.92 Å². The molecule has 2 nitrogen and oxygen atoms in total. The minimum Gasteiger partial charge on any atom is -0.384 e. The summed E-state index contributed by atoms with van der Waals surface area (Å²) in [6.07, 6.45) is 28.2. The van der Waals surface area contributed by atoms with Gasteiger partial charge >= 0.3 is 0 Å². The third-order valence-corrected chi connectivity index (χ3v) is 4.69. The number of allylic oxidation sites excluding steroid dienone is 4. The molecule has 0 radical (unpaired) electrons. The van der Waals surface area contributed by atoms with Crippen LogP contribution in [-0.4, -0.2) is 12.1 Å². The summed E-state index contributed by atoms with van der Waals surface area (Å²) >= 11 is 0. The molecule has 0 amide bonds. The van der Waals surface area contributed by atoms with Crippen LogP contribution in [0.25, 0.3) is 0 Å². The summed E-state index contributed by atoms with van der Waals surface area (Å²) in [5, 5.41) is 7.04. The van der Waals surface area contributed by atoms with Gasteiger partial charge in [0.2, 0.25) is 0 Å². The van der Waals surface area contributed by atoms with Gasteiger partial charge in [0.25, 0.3) is 0 Å². The van der Waals surface area contributed by atoms with Crippen LogP contribution >= 0.6 is 0 Å². The Hall–Kier alpha value is -1.44. The predicted octanol–water partition coefficient (Wildman–Crippen LogP) is 4.83. The highest BCUT2D eigenvalue weighted by molar-refractivity contribution is 5.19. The lowest BCUT2D eigenvalue weighted by molar-refractivity contribution is 0.335. The maximum atomic E-state index is 3.52. The van der Waals surface area contributed by atoms with Crippen LogP contribution in [0, 0.1) is 5.92 Å². The second-order valence-corrected chi connectivity index (χ2v) is 6.45. The third-order valence-electron chi connectivity index (χ3n) is 4.69. The van der Waals surface area contributed by atoms with Crippen LogP contribution in [-0.2, 0) is 0 Å². The fourth-order valence-corrected chi connectivity index (χ4v) is 3.38. The Bertz CT molecular complexity index is 376. The van der Waals surface area contributed by atoms with Crippen molar-refractivity contribution < 1.29 is 0 Å². The lowest BCUT2D eigenvalue weighted by Crippen LogP contribution is -2.44.